The molecule has 2 heterocycles. The Balaban J connectivity index is 1.59. The Labute approximate surface area is 228 Å². The molecule has 204 valence electrons. The fourth-order valence-corrected chi connectivity index (χ4v) is 6.37. The normalized spacial score (nSPS) is 20.6. The minimum Gasteiger partial charge on any atom is -0.508 e. The number of phenols is 1. The van der Waals surface area contributed by atoms with Crippen molar-refractivity contribution in [3.05, 3.63) is 65.2 Å². The summed E-state index contributed by atoms with van der Waals surface area (Å²) in [6.07, 6.45) is 1.63. The zero-order valence-corrected chi connectivity index (χ0v) is 23.0. The van der Waals surface area contributed by atoms with Crippen LogP contribution < -0.4 is 5.32 Å². The maximum atomic E-state index is 13.8. The van der Waals surface area contributed by atoms with Crippen molar-refractivity contribution in [3.8, 4) is 5.75 Å². The number of aliphatic hydroxyl groups excluding tert-OH is 1. The van der Waals surface area contributed by atoms with E-state index in [0.29, 0.717) is 18.7 Å². The lowest BCUT2D eigenvalue weighted by atomic mass is 9.96. The smallest absolute Gasteiger partial charge is 0.254 e. The van der Waals surface area contributed by atoms with Crippen LogP contribution in [0.15, 0.2) is 48.5 Å². The summed E-state index contributed by atoms with van der Waals surface area (Å²) >= 11 is 1.52. The summed E-state index contributed by atoms with van der Waals surface area (Å²) in [6.45, 7) is 6.90. The molecule has 2 aliphatic heterocycles. The lowest BCUT2D eigenvalue weighted by molar-refractivity contribution is -0.151. The van der Waals surface area contributed by atoms with Crippen molar-refractivity contribution in [1.29, 1.82) is 0 Å². The highest BCUT2D eigenvalue weighted by Gasteiger charge is 2.51. The molecule has 2 saturated heterocycles. The number of nitrogens with zero attached hydrogens (tertiary/aromatic N) is 2. The number of thioether (sulfide) groups is 1. The van der Waals surface area contributed by atoms with E-state index in [-0.39, 0.29) is 29.5 Å². The summed E-state index contributed by atoms with van der Waals surface area (Å²) in [5.41, 5.74) is 1.52. The Morgan fingerprint density at radius 3 is 2.42 bits per heavy atom. The molecule has 3 N–H and O–H groups in total. The van der Waals surface area contributed by atoms with Crippen molar-refractivity contribution in [2.45, 2.75) is 69.4 Å². The fourth-order valence-electron chi connectivity index (χ4n) is 5.24. The minimum atomic E-state index is -1.57. The number of rotatable bonds is 7. The lowest BCUT2D eigenvalue weighted by Gasteiger charge is -2.37. The van der Waals surface area contributed by atoms with Gasteiger partial charge in [-0.3, -0.25) is 14.4 Å². The number of carbonyl (C=O) groups is 3. The van der Waals surface area contributed by atoms with Crippen LogP contribution >= 0.6 is 11.8 Å². The summed E-state index contributed by atoms with van der Waals surface area (Å²) in [6, 6.07) is 12.3. The first-order chi connectivity index (χ1) is 18.1. The zero-order valence-electron chi connectivity index (χ0n) is 22.2. The van der Waals surface area contributed by atoms with E-state index in [1.54, 1.807) is 19.1 Å². The first kappa shape index (κ1) is 28.0. The molecule has 8 nitrogen and oxygen atoms in total. The number of aliphatic hydroxyl groups is 1. The Hall–Kier alpha value is -3.04. The molecule has 0 aliphatic carbocycles. The Kier molecular flexibility index (Phi) is 8.67. The molecule has 4 rings (SSSR count). The molecule has 0 bridgehead atoms. The second-order valence-electron chi connectivity index (χ2n) is 10.6. The molecule has 2 aromatic carbocycles. The van der Waals surface area contributed by atoms with Gasteiger partial charge in [0.15, 0.2) is 6.10 Å². The maximum absolute atomic E-state index is 13.8. The zero-order chi connectivity index (χ0) is 27.4. The van der Waals surface area contributed by atoms with Crippen LogP contribution in [0.1, 0.15) is 54.6 Å². The topological polar surface area (TPSA) is 110 Å². The number of aromatic hydroxyl groups is 1. The second kappa shape index (κ2) is 11.8. The van der Waals surface area contributed by atoms with Crippen molar-refractivity contribution in [2.24, 2.45) is 0 Å². The summed E-state index contributed by atoms with van der Waals surface area (Å²) in [5, 5.41) is 24.3. The van der Waals surface area contributed by atoms with Crippen LogP contribution in [0.3, 0.4) is 0 Å². The predicted molar refractivity (Wildman–Crippen MR) is 148 cm³/mol. The van der Waals surface area contributed by atoms with Crippen molar-refractivity contribution < 1.29 is 24.6 Å². The number of hydrogen-bond donors (Lipinski definition) is 3. The number of benzene rings is 2. The largest absolute Gasteiger partial charge is 0.508 e. The number of phenolic OH excluding ortho intramolecular Hbond substituents is 1. The van der Waals surface area contributed by atoms with E-state index in [1.807, 2.05) is 49.1 Å². The van der Waals surface area contributed by atoms with Gasteiger partial charge in [-0.05, 0) is 64.2 Å². The van der Waals surface area contributed by atoms with E-state index in [0.717, 1.165) is 24.8 Å². The molecule has 9 heteroatoms. The number of likely N-dealkylation sites (tertiary alicyclic amines) is 1. The van der Waals surface area contributed by atoms with E-state index in [2.05, 4.69) is 5.32 Å². The van der Waals surface area contributed by atoms with Crippen LogP contribution in [-0.2, 0) is 16.0 Å². The van der Waals surface area contributed by atoms with Crippen molar-refractivity contribution >= 4 is 29.5 Å². The minimum absolute atomic E-state index is 0.00993. The second-order valence-corrected chi connectivity index (χ2v) is 12.2. The lowest BCUT2D eigenvalue weighted by Crippen LogP contribution is -2.59. The third kappa shape index (κ3) is 5.99. The number of hydrogen-bond acceptors (Lipinski definition) is 6. The monoisotopic (exact) mass is 539 g/mol. The summed E-state index contributed by atoms with van der Waals surface area (Å²) < 4.78 is -0.513. The molecule has 0 spiro atoms. The average molecular weight is 540 g/mol. The third-order valence-corrected chi connectivity index (χ3v) is 8.90. The third-order valence-electron chi connectivity index (χ3n) is 7.53. The van der Waals surface area contributed by atoms with Gasteiger partial charge >= 0.3 is 0 Å². The highest BCUT2D eigenvalue weighted by atomic mass is 32.2. The summed E-state index contributed by atoms with van der Waals surface area (Å²) in [5.74, 6) is -0.885. The van der Waals surface area contributed by atoms with Gasteiger partial charge in [0.2, 0.25) is 5.91 Å². The molecule has 0 radical (unpaired) electrons. The SMILES string of the molecule is Cc1c(O)cccc1C(=O)NC(Cc1ccccc1)C(O)C(=O)N1CSC(C)(C)C1C(=O)N1CCCCC1. The summed E-state index contributed by atoms with van der Waals surface area (Å²) in [4.78, 5) is 43.9. The van der Waals surface area contributed by atoms with Gasteiger partial charge in [0.05, 0.1) is 11.9 Å². The molecule has 2 aromatic rings. The van der Waals surface area contributed by atoms with Crippen molar-refractivity contribution in [1.82, 2.24) is 15.1 Å². The average Bonchev–Trinajstić information content (AvgIpc) is 3.24. The molecule has 0 aromatic heterocycles. The van der Waals surface area contributed by atoms with E-state index in [9.17, 15) is 24.6 Å². The molecular weight excluding hydrogens is 502 g/mol. The van der Waals surface area contributed by atoms with Crippen molar-refractivity contribution in [3.63, 3.8) is 0 Å². The first-order valence-electron chi connectivity index (χ1n) is 13.1. The van der Waals surface area contributed by atoms with Gasteiger partial charge in [-0.15, -0.1) is 11.8 Å². The molecule has 2 fully saturated rings. The predicted octanol–water partition coefficient (Wildman–Crippen LogP) is 3.10. The molecule has 3 amide bonds. The standard InChI is InChI=1S/C29H37N3O5S/c1-19-21(13-10-14-23(19)33)26(35)30-22(17-20-11-6-4-7-12-20)24(34)27(36)32-18-38-29(2,3)25(32)28(37)31-15-8-5-9-16-31/h4,6-7,10-14,22,24-25,33-34H,5,8-9,15-18H2,1-3H3,(H,30,35). The molecule has 3 unspecified atom stereocenters. The Morgan fingerprint density at radius 1 is 1.05 bits per heavy atom. The Bertz CT molecular complexity index is 1170. The van der Waals surface area contributed by atoms with Gasteiger partial charge in [0.25, 0.3) is 11.8 Å². The fraction of sp³-hybridized carbons (Fsp3) is 0.483. The molecule has 38 heavy (non-hydrogen) atoms. The maximum Gasteiger partial charge on any atom is 0.254 e. The van der Waals surface area contributed by atoms with E-state index in [4.69, 9.17) is 0 Å². The highest BCUT2D eigenvalue weighted by Crippen LogP contribution is 2.41. The molecular formula is C29H37N3O5S. The first-order valence-corrected chi connectivity index (χ1v) is 14.1. The molecule has 3 atom stereocenters. The quantitative estimate of drug-likeness (QED) is 0.499. The van der Waals surface area contributed by atoms with E-state index in [1.165, 1.54) is 22.7 Å². The van der Waals surface area contributed by atoms with Crippen LogP contribution in [0, 0.1) is 6.92 Å². The van der Waals surface area contributed by atoms with E-state index < -0.39 is 34.7 Å². The van der Waals surface area contributed by atoms with Gasteiger partial charge in [-0.25, -0.2) is 0 Å². The number of piperidine rings is 1. The van der Waals surface area contributed by atoms with E-state index >= 15 is 0 Å². The van der Waals surface area contributed by atoms with Crippen molar-refractivity contribution in [2.75, 3.05) is 19.0 Å². The van der Waals surface area contributed by atoms with Gasteiger partial charge < -0.3 is 25.3 Å². The van der Waals surface area contributed by atoms with Gasteiger partial charge in [0.1, 0.15) is 11.8 Å². The Morgan fingerprint density at radius 2 is 1.74 bits per heavy atom. The van der Waals surface area contributed by atoms with Gasteiger partial charge in [-0.1, -0.05) is 36.4 Å². The van der Waals surface area contributed by atoms with Crippen LogP contribution in [0.5, 0.6) is 5.75 Å². The highest BCUT2D eigenvalue weighted by molar-refractivity contribution is 8.00. The van der Waals surface area contributed by atoms with Gasteiger partial charge in [0, 0.05) is 29.0 Å². The summed E-state index contributed by atoms with van der Waals surface area (Å²) in [7, 11) is 0. The van der Waals surface area contributed by atoms with Crippen LogP contribution in [0.2, 0.25) is 0 Å². The van der Waals surface area contributed by atoms with Crippen LogP contribution in [-0.4, -0.2) is 79.6 Å². The van der Waals surface area contributed by atoms with Gasteiger partial charge in [-0.2, -0.15) is 0 Å². The number of nitrogens with one attached hydrogen (secondary N) is 1. The molecule has 0 saturated carbocycles. The molecule has 2 aliphatic rings. The van der Waals surface area contributed by atoms with Crippen LogP contribution in [0.4, 0.5) is 0 Å². The number of carbonyl (C=O) groups excluding carboxylic acids is 3. The van der Waals surface area contributed by atoms with Crippen LogP contribution in [0.25, 0.3) is 0 Å². The number of amides is 3.